The third-order valence-electron chi connectivity index (χ3n) is 3.76. The standard InChI is InChI=1S/C14H23N3O4/c1-10(2)13-15-11(21-16-13)4-5-12(19)17-7-3-6-14(20,8-17)9-18/h10,18,20H,3-9H2,1-2H3. The zero-order valence-corrected chi connectivity index (χ0v) is 12.6. The van der Waals surface area contributed by atoms with Crippen LogP contribution in [0.1, 0.15) is 50.7 Å². The number of β-amino-alcohol motifs (C(OH)–C–C–N with tert-alkyl or cyclic N) is 1. The zero-order chi connectivity index (χ0) is 15.5. The number of aliphatic hydroxyl groups excluding tert-OH is 1. The van der Waals surface area contributed by atoms with Crippen molar-refractivity contribution in [3.05, 3.63) is 11.7 Å². The number of aryl methyl sites for hydroxylation is 1. The van der Waals surface area contributed by atoms with Crippen LogP contribution in [0.4, 0.5) is 0 Å². The molecule has 118 valence electrons. The highest BCUT2D eigenvalue weighted by molar-refractivity contribution is 5.76. The number of carbonyl (C=O) groups excluding carboxylic acids is 1. The number of rotatable bonds is 5. The second kappa shape index (κ2) is 6.53. The molecular formula is C14H23N3O4. The van der Waals surface area contributed by atoms with Gasteiger partial charge in [-0.05, 0) is 12.8 Å². The van der Waals surface area contributed by atoms with E-state index in [9.17, 15) is 15.0 Å². The first-order valence-electron chi connectivity index (χ1n) is 7.37. The SMILES string of the molecule is CC(C)c1noc(CCC(=O)N2CCCC(O)(CO)C2)n1. The van der Waals surface area contributed by atoms with Gasteiger partial charge in [0, 0.05) is 25.3 Å². The summed E-state index contributed by atoms with van der Waals surface area (Å²) in [5, 5.41) is 23.1. The van der Waals surface area contributed by atoms with Gasteiger partial charge in [-0.2, -0.15) is 4.98 Å². The molecule has 0 aliphatic carbocycles. The van der Waals surface area contributed by atoms with Crippen molar-refractivity contribution in [1.29, 1.82) is 0 Å². The molecule has 7 nitrogen and oxygen atoms in total. The quantitative estimate of drug-likeness (QED) is 0.819. The van der Waals surface area contributed by atoms with Crippen LogP contribution in [0.5, 0.6) is 0 Å². The molecule has 0 aromatic carbocycles. The fraction of sp³-hybridized carbons (Fsp3) is 0.786. The van der Waals surface area contributed by atoms with Crippen LogP contribution < -0.4 is 0 Å². The lowest BCUT2D eigenvalue weighted by Gasteiger charge is -2.38. The molecule has 2 heterocycles. The summed E-state index contributed by atoms with van der Waals surface area (Å²) in [4.78, 5) is 18.0. The van der Waals surface area contributed by atoms with E-state index in [1.807, 2.05) is 13.8 Å². The largest absolute Gasteiger partial charge is 0.393 e. The molecule has 0 radical (unpaired) electrons. The average molecular weight is 297 g/mol. The van der Waals surface area contributed by atoms with E-state index in [-0.39, 0.29) is 31.4 Å². The maximum absolute atomic E-state index is 12.2. The summed E-state index contributed by atoms with van der Waals surface area (Å²) in [6.07, 6.45) is 1.88. The van der Waals surface area contributed by atoms with Gasteiger partial charge in [-0.1, -0.05) is 19.0 Å². The maximum Gasteiger partial charge on any atom is 0.227 e. The first kappa shape index (κ1) is 15.9. The van der Waals surface area contributed by atoms with Crippen LogP contribution in [0.15, 0.2) is 4.52 Å². The Kier molecular flexibility index (Phi) is 4.95. The summed E-state index contributed by atoms with van der Waals surface area (Å²) >= 11 is 0. The minimum atomic E-state index is -1.16. The van der Waals surface area contributed by atoms with Crippen LogP contribution in [0.25, 0.3) is 0 Å². The summed E-state index contributed by atoms with van der Waals surface area (Å²) < 4.78 is 5.10. The van der Waals surface area contributed by atoms with E-state index in [2.05, 4.69) is 10.1 Å². The normalized spacial score (nSPS) is 22.8. The molecule has 0 bridgehead atoms. The molecule has 21 heavy (non-hydrogen) atoms. The molecule has 0 spiro atoms. The smallest absolute Gasteiger partial charge is 0.227 e. The topological polar surface area (TPSA) is 99.7 Å². The lowest BCUT2D eigenvalue weighted by Crippen LogP contribution is -2.52. The Balaban J connectivity index is 1.86. The molecule has 1 unspecified atom stereocenters. The van der Waals surface area contributed by atoms with E-state index in [1.165, 1.54) is 0 Å². The van der Waals surface area contributed by atoms with E-state index >= 15 is 0 Å². The van der Waals surface area contributed by atoms with Crippen LogP contribution in [-0.4, -0.2) is 56.5 Å². The van der Waals surface area contributed by atoms with E-state index < -0.39 is 5.60 Å². The van der Waals surface area contributed by atoms with E-state index in [4.69, 9.17) is 4.52 Å². The van der Waals surface area contributed by atoms with Gasteiger partial charge < -0.3 is 19.6 Å². The Bertz CT molecular complexity index is 488. The molecule has 1 aliphatic heterocycles. The fourth-order valence-electron chi connectivity index (χ4n) is 2.43. The number of likely N-dealkylation sites (tertiary alicyclic amines) is 1. The molecule has 1 aliphatic rings. The van der Waals surface area contributed by atoms with Crippen molar-refractivity contribution in [1.82, 2.24) is 15.0 Å². The molecule has 0 saturated carbocycles. The van der Waals surface area contributed by atoms with Crippen molar-refractivity contribution in [3.8, 4) is 0 Å². The maximum atomic E-state index is 12.2. The summed E-state index contributed by atoms with van der Waals surface area (Å²) in [7, 11) is 0. The number of aliphatic hydroxyl groups is 2. The molecule has 1 aromatic heterocycles. The van der Waals surface area contributed by atoms with Crippen LogP contribution in [-0.2, 0) is 11.2 Å². The highest BCUT2D eigenvalue weighted by atomic mass is 16.5. The fourth-order valence-corrected chi connectivity index (χ4v) is 2.43. The highest BCUT2D eigenvalue weighted by Gasteiger charge is 2.34. The molecule has 1 saturated heterocycles. The number of piperidine rings is 1. The summed E-state index contributed by atoms with van der Waals surface area (Å²) in [6.45, 7) is 4.43. The second-order valence-corrected chi connectivity index (χ2v) is 6.00. The lowest BCUT2D eigenvalue weighted by atomic mass is 9.93. The van der Waals surface area contributed by atoms with Crippen LogP contribution in [0.2, 0.25) is 0 Å². The van der Waals surface area contributed by atoms with Gasteiger partial charge in [0.15, 0.2) is 5.82 Å². The predicted molar refractivity (Wildman–Crippen MR) is 74.6 cm³/mol. The Morgan fingerprint density at radius 1 is 1.52 bits per heavy atom. The number of hydrogen-bond acceptors (Lipinski definition) is 6. The Labute approximate surface area is 123 Å². The van der Waals surface area contributed by atoms with Gasteiger partial charge in [-0.25, -0.2) is 0 Å². The third kappa shape index (κ3) is 4.01. The molecular weight excluding hydrogens is 274 g/mol. The summed E-state index contributed by atoms with van der Waals surface area (Å²) in [5.41, 5.74) is -1.16. The Morgan fingerprint density at radius 2 is 2.29 bits per heavy atom. The van der Waals surface area contributed by atoms with Gasteiger partial charge in [0.25, 0.3) is 0 Å². The van der Waals surface area contributed by atoms with Crippen LogP contribution in [0, 0.1) is 0 Å². The monoisotopic (exact) mass is 297 g/mol. The molecule has 2 rings (SSSR count). The average Bonchev–Trinajstić information content (AvgIpc) is 2.94. The molecule has 1 atom stereocenters. The Morgan fingerprint density at radius 3 is 2.90 bits per heavy atom. The van der Waals surface area contributed by atoms with Crippen molar-refractivity contribution in [2.45, 2.75) is 51.0 Å². The zero-order valence-electron chi connectivity index (χ0n) is 12.6. The van der Waals surface area contributed by atoms with Gasteiger partial charge in [-0.3, -0.25) is 4.79 Å². The van der Waals surface area contributed by atoms with E-state index in [0.717, 1.165) is 0 Å². The Hall–Kier alpha value is -1.47. The lowest BCUT2D eigenvalue weighted by molar-refractivity contribution is -0.140. The summed E-state index contributed by atoms with van der Waals surface area (Å²) in [6, 6.07) is 0. The molecule has 1 aromatic rings. The van der Waals surface area contributed by atoms with Crippen LogP contribution in [0.3, 0.4) is 0 Å². The van der Waals surface area contributed by atoms with Gasteiger partial charge in [0.05, 0.1) is 13.2 Å². The van der Waals surface area contributed by atoms with Crippen LogP contribution >= 0.6 is 0 Å². The number of aromatic nitrogens is 2. The van der Waals surface area contributed by atoms with Gasteiger partial charge in [-0.15, -0.1) is 0 Å². The molecule has 1 fully saturated rings. The highest BCUT2D eigenvalue weighted by Crippen LogP contribution is 2.21. The number of hydrogen-bond donors (Lipinski definition) is 2. The minimum Gasteiger partial charge on any atom is -0.393 e. The van der Waals surface area contributed by atoms with E-state index in [0.29, 0.717) is 37.5 Å². The van der Waals surface area contributed by atoms with Crippen molar-refractivity contribution in [3.63, 3.8) is 0 Å². The second-order valence-electron chi connectivity index (χ2n) is 6.00. The summed E-state index contributed by atoms with van der Waals surface area (Å²) in [5.74, 6) is 1.23. The van der Waals surface area contributed by atoms with Crippen molar-refractivity contribution in [2.75, 3.05) is 19.7 Å². The first-order chi connectivity index (χ1) is 9.93. The molecule has 2 N–H and O–H groups in total. The van der Waals surface area contributed by atoms with Crippen molar-refractivity contribution < 1.29 is 19.5 Å². The van der Waals surface area contributed by atoms with Gasteiger partial charge >= 0.3 is 0 Å². The predicted octanol–water partition coefficient (Wildman–Crippen LogP) is 0.471. The van der Waals surface area contributed by atoms with Crippen molar-refractivity contribution in [2.24, 2.45) is 0 Å². The minimum absolute atomic E-state index is 0.0640. The first-order valence-corrected chi connectivity index (χ1v) is 7.37. The molecule has 1 amide bonds. The molecule has 7 heteroatoms. The number of amides is 1. The third-order valence-corrected chi connectivity index (χ3v) is 3.76. The van der Waals surface area contributed by atoms with Crippen molar-refractivity contribution >= 4 is 5.91 Å². The van der Waals surface area contributed by atoms with Gasteiger partial charge in [0.2, 0.25) is 11.8 Å². The number of carbonyl (C=O) groups is 1. The van der Waals surface area contributed by atoms with Gasteiger partial charge in [0.1, 0.15) is 5.60 Å². The van der Waals surface area contributed by atoms with E-state index in [1.54, 1.807) is 4.90 Å². The number of nitrogens with zero attached hydrogens (tertiary/aromatic N) is 3.